The molecule has 5 aromatic rings. The van der Waals surface area contributed by atoms with Crippen LogP contribution < -0.4 is 0 Å². The van der Waals surface area contributed by atoms with Gasteiger partial charge in [0.15, 0.2) is 0 Å². The van der Waals surface area contributed by atoms with Gasteiger partial charge < -0.3 is 4.42 Å². The minimum Gasteiger partial charge on any atom is -0.430 e. The van der Waals surface area contributed by atoms with Gasteiger partial charge in [0.05, 0.1) is 0 Å². The second-order valence-corrected chi connectivity index (χ2v) is 5.62. The summed E-state index contributed by atoms with van der Waals surface area (Å²) < 4.78 is 18.7. The Morgan fingerprint density at radius 1 is 0.591 bits per heavy atom. The Balaban J connectivity index is 2.01. The second-order valence-electron chi connectivity index (χ2n) is 5.62. The topological polar surface area (TPSA) is 13.1 Å². The molecule has 0 bridgehead atoms. The molecule has 0 saturated carbocycles. The molecule has 0 atom stereocenters. The van der Waals surface area contributed by atoms with Crippen LogP contribution >= 0.6 is 0 Å². The molecule has 0 aliphatic heterocycles. The Bertz CT molecular complexity index is 1180. The predicted octanol–water partition coefficient (Wildman–Crippen LogP) is 6.03. The van der Waals surface area contributed by atoms with E-state index in [9.17, 15) is 4.39 Å². The first-order chi connectivity index (χ1) is 10.8. The molecule has 0 N–H and O–H groups in total. The van der Waals surface area contributed by atoms with Gasteiger partial charge in [0.2, 0.25) is 0 Å². The van der Waals surface area contributed by atoms with E-state index in [4.69, 9.17) is 4.42 Å². The van der Waals surface area contributed by atoms with Crippen LogP contribution in [0.3, 0.4) is 0 Å². The van der Waals surface area contributed by atoms with Crippen LogP contribution in [0.25, 0.3) is 43.3 Å². The van der Waals surface area contributed by atoms with Gasteiger partial charge in [-0.1, -0.05) is 42.5 Å². The van der Waals surface area contributed by atoms with Crippen LogP contribution in [0.15, 0.2) is 71.1 Å². The van der Waals surface area contributed by atoms with E-state index in [0.717, 1.165) is 21.5 Å². The van der Waals surface area contributed by atoms with E-state index in [0.29, 0.717) is 5.58 Å². The number of rotatable bonds is 0. The van der Waals surface area contributed by atoms with Crippen LogP contribution in [0.4, 0.5) is 4.39 Å². The molecule has 22 heavy (non-hydrogen) atoms. The zero-order chi connectivity index (χ0) is 14.7. The van der Waals surface area contributed by atoms with Crippen molar-refractivity contribution in [3.63, 3.8) is 0 Å². The molecule has 0 saturated heterocycles. The molecule has 1 aromatic heterocycles. The second kappa shape index (κ2) is 4.08. The lowest BCUT2D eigenvalue weighted by atomic mass is 9.97. The van der Waals surface area contributed by atoms with Crippen LogP contribution in [0.5, 0.6) is 0 Å². The number of furan rings is 1. The summed E-state index contributed by atoms with van der Waals surface area (Å²) in [7, 11) is 0. The molecular weight excluding hydrogens is 275 g/mol. The molecule has 0 unspecified atom stereocenters. The Morgan fingerprint density at radius 2 is 1.32 bits per heavy atom. The van der Waals surface area contributed by atoms with Gasteiger partial charge in [0, 0.05) is 16.8 Å². The third-order valence-corrected chi connectivity index (χ3v) is 4.33. The number of halogens is 1. The fraction of sp³-hybridized carbons (Fsp3) is 0. The molecule has 1 heterocycles. The third kappa shape index (κ3) is 1.52. The lowest BCUT2D eigenvalue weighted by Gasteiger charge is -2.06. The standard InChI is InChI=1S/C20H11FO/c21-19-11-15-6-7-16-17(20(15)22-19)8-5-14-9-12-3-1-2-4-13(12)10-18(14)16/h1-11H. The first-order valence-electron chi connectivity index (χ1n) is 7.23. The molecule has 0 spiro atoms. The average Bonchev–Trinajstić information content (AvgIpc) is 2.93. The number of hydrogen-bond acceptors (Lipinski definition) is 1. The summed E-state index contributed by atoms with van der Waals surface area (Å²) >= 11 is 0. The summed E-state index contributed by atoms with van der Waals surface area (Å²) in [5.41, 5.74) is 0.616. The Kier molecular flexibility index (Phi) is 2.18. The van der Waals surface area contributed by atoms with Gasteiger partial charge in [-0.2, -0.15) is 4.39 Å². The highest BCUT2D eigenvalue weighted by Gasteiger charge is 2.10. The highest BCUT2D eigenvalue weighted by atomic mass is 19.1. The molecule has 5 rings (SSSR count). The van der Waals surface area contributed by atoms with Crippen molar-refractivity contribution in [3.05, 3.63) is 72.7 Å². The summed E-state index contributed by atoms with van der Waals surface area (Å²) in [6.07, 6.45) is 0. The van der Waals surface area contributed by atoms with E-state index in [1.165, 1.54) is 22.2 Å². The van der Waals surface area contributed by atoms with E-state index in [1.54, 1.807) is 0 Å². The van der Waals surface area contributed by atoms with Gasteiger partial charge in [-0.15, -0.1) is 0 Å². The fourth-order valence-corrected chi connectivity index (χ4v) is 3.30. The fourth-order valence-electron chi connectivity index (χ4n) is 3.30. The minimum absolute atomic E-state index is 0.541. The van der Waals surface area contributed by atoms with Crippen molar-refractivity contribution in [3.8, 4) is 0 Å². The van der Waals surface area contributed by atoms with Crippen molar-refractivity contribution >= 4 is 43.3 Å². The van der Waals surface area contributed by atoms with Gasteiger partial charge in [0.25, 0.3) is 6.01 Å². The summed E-state index contributed by atoms with van der Waals surface area (Å²) in [4.78, 5) is 0. The van der Waals surface area contributed by atoms with Gasteiger partial charge in [-0.3, -0.25) is 0 Å². The third-order valence-electron chi connectivity index (χ3n) is 4.33. The van der Waals surface area contributed by atoms with Crippen molar-refractivity contribution in [2.45, 2.75) is 0 Å². The number of fused-ring (bicyclic) bond motifs is 6. The maximum absolute atomic E-state index is 13.4. The molecule has 0 fully saturated rings. The number of benzene rings is 4. The van der Waals surface area contributed by atoms with Crippen LogP contribution in [-0.2, 0) is 0 Å². The maximum Gasteiger partial charge on any atom is 0.278 e. The van der Waals surface area contributed by atoms with Crippen molar-refractivity contribution in [1.29, 1.82) is 0 Å². The first-order valence-corrected chi connectivity index (χ1v) is 7.23. The first kappa shape index (κ1) is 11.8. The minimum atomic E-state index is -0.541. The van der Waals surface area contributed by atoms with Crippen molar-refractivity contribution in [1.82, 2.24) is 0 Å². The molecular formula is C20H11FO. The van der Waals surface area contributed by atoms with Crippen LogP contribution in [0, 0.1) is 6.01 Å². The molecule has 1 nitrogen and oxygen atoms in total. The summed E-state index contributed by atoms with van der Waals surface area (Å²) in [5.74, 6) is 0. The van der Waals surface area contributed by atoms with E-state index in [1.807, 2.05) is 30.3 Å². The van der Waals surface area contributed by atoms with Crippen molar-refractivity contribution < 1.29 is 8.81 Å². The zero-order valence-electron chi connectivity index (χ0n) is 11.6. The SMILES string of the molecule is Fc1cc2ccc3c4cc5ccccc5cc4ccc3c2o1. The molecule has 0 aliphatic rings. The van der Waals surface area contributed by atoms with Gasteiger partial charge in [-0.05, 0) is 45.1 Å². The van der Waals surface area contributed by atoms with Crippen LogP contribution in [0.1, 0.15) is 0 Å². The van der Waals surface area contributed by atoms with Crippen LogP contribution in [-0.4, -0.2) is 0 Å². The van der Waals surface area contributed by atoms with E-state index < -0.39 is 6.01 Å². The largest absolute Gasteiger partial charge is 0.430 e. The smallest absolute Gasteiger partial charge is 0.278 e. The normalized spacial score (nSPS) is 11.9. The van der Waals surface area contributed by atoms with E-state index in [-0.39, 0.29) is 0 Å². The van der Waals surface area contributed by atoms with E-state index in [2.05, 4.69) is 30.3 Å². The monoisotopic (exact) mass is 286 g/mol. The lowest BCUT2D eigenvalue weighted by molar-refractivity contribution is 0.382. The molecule has 0 radical (unpaired) electrons. The lowest BCUT2D eigenvalue weighted by Crippen LogP contribution is -1.80. The Hall–Kier alpha value is -2.87. The highest BCUT2D eigenvalue weighted by molar-refractivity contribution is 6.17. The highest BCUT2D eigenvalue weighted by Crippen LogP contribution is 2.34. The van der Waals surface area contributed by atoms with Crippen molar-refractivity contribution in [2.24, 2.45) is 0 Å². The molecule has 104 valence electrons. The van der Waals surface area contributed by atoms with Crippen molar-refractivity contribution in [2.75, 3.05) is 0 Å². The Labute approximate surface area is 125 Å². The van der Waals surface area contributed by atoms with Gasteiger partial charge in [-0.25, -0.2) is 0 Å². The summed E-state index contributed by atoms with van der Waals surface area (Å²) in [6.45, 7) is 0. The quantitative estimate of drug-likeness (QED) is 0.250. The average molecular weight is 286 g/mol. The van der Waals surface area contributed by atoms with Gasteiger partial charge in [0.1, 0.15) is 5.58 Å². The molecule has 2 heteroatoms. The predicted molar refractivity (Wildman–Crippen MR) is 88.7 cm³/mol. The number of hydrogen-bond donors (Lipinski definition) is 0. The molecule has 0 amide bonds. The zero-order valence-corrected chi connectivity index (χ0v) is 11.6. The molecule has 4 aromatic carbocycles. The summed E-state index contributed by atoms with van der Waals surface area (Å²) in [5, 5.41) is 7.60. The molecule has 0 aliphatic carbocycles. The van der Waals surface area contributed by atoms with E-state index >= 15 is 0 Å². The van der Waals surface area contributed by atoms with Gasteiger partial charge >= 0.3 is 0 Å². The maximum atomic E-state index is 13.4. The van der Waals surface area contributed by atoms with Crippen LogP contribution in [0.2, 0.25) is 0 Å². The Morgan fingerprint density at radius 3 is 2.18 bits per heavy atom. The summed E-state index contributed by atoms with van der Waals surface area (Å²) in [6, 6.07) is 21.6.